The van der Waals surface area contributed by atoms with Crippen molar-refractivity contribution in [1.29, 1.82) is 0 Å². The van der Waals surface area contributed by atoms with Crippen LogP contribution < -0.4 is 10.6 Å². The van der Waals surface area contributed by atoms with Crippen molar-refractivity contribution in [2.75, 3.05) is 11.9 Å². The van der Waals surface area contributed by atoms with Crippen molar-refractivity contribution >= 4 is 11.7 Å². The number of rotatable bonds is 6. The molecular formula is C23H23N5O2. The van der Waals surface area contributed by atoms with E-state index in [1.807, 2.05) is 73.1 Å². The van der Waals surface area contributed by atoms with Gasteiger partial charge in [0.15, 0.2) is 0 Å². The van der Waals surface area contributed by atoms with E-state index >= 15 is 0 Å². The van der Waals surface area contributed by atoms with Gasteiger partial charge in [0.2, 0.25) is 5.89 Å². The van der Waals surface area contributed by atoms with Gasteiger partial charge >= 0.3 is 6.03 Å². The fourth-order valence-electron chi connectivity index (χ4n) is 3.09. The minimum Gasteiger partial charge on any atom is -0.444 e. The van der Waals surface area contributed by atoms with Gasteiger partial charge in [-0.15, -0.1) is 0 Å². The van der Waals surface area contributed by atoms with Gasteiger partial charge in [0, 0.05) is 36.1 Å². The lowest BCUT2D eigenvalue weighted by Crippen LogP contribution is -2.30. The van der Waals surface area contributed by atoms with Gasteiger partial charge in [-0.1, -0.05) is 23.8 Å². The van der Waals surface area contributed by atoms with Gasteiger partial charge in [-0.2, -0.15) is 5.10 Å². The van der Waals surface area contributed by atoms with Gasteiger partial charge < -0.3 is 15.1 Å². The summed E-state index contributed by atoms with van der Waals surface area (Å²) in [5.74, 6) is 0.584. The Balaban J connectivity index is 1.30. The summed E-state index contributed by atoms with van der Waals surface area (Å²) in [4.78, 5) is 16.7. The second-order valence-electron chi connectivity index (χ2n) is 7.08. The van der Waals surface area contributed by atoms with Crippen LogP contribution in [0.25, 0.3) is 17.1 Å². The Hall–Kier alpha value is -3.87. The number of nitrogens with zero attached hydrogens (tertiary/aromatic N) is 3. The van der Waals surface area contributed by atoms with Gasteiger partial charge in [0.1, 0.15) is 6.26 Å². The number of carbonyl (C=O) groups excluding carboxylic acids is 1. The van der Waals surface area contributed by atoms with E-state index in [4.69, 9.17) is 4.42 Å². The third kappa shape index (κ3) is 4.57. The molecule has 0 saturated heterocycles. The third-order valence-corrected chi connectivity index (χ3v) is 4.70. The molecule has 0 aliphatic heterocycles. The predicted molar refractivity (Wildman–Crippen MR) is 116 cm³/mol. The summed E-state index contributed by atoms with van der Waals surface area (Å²) in [6, 6.07) is 17.2. The summed E-state index contributed by atoms with van der Waals surface area (Å²) in [5, 5.41) is 9.99. The average Bonchev–Trinajstić information content (AvgIpc) is 3.38. The van der Waals surface area contributed by atoms with Crippen molar-refractivity contribution in [1.82, 2.24) is 20.1 Å². The van der Waals surface area contributed by atoms with Crippen LogP contribution in [0.15, 0.2) is 71.5 Å². The molecule has 30 heavy (non-hydrogen) atoms. The molecule has 2 heterocycles. The molecule has 0 aliphatic rings. The Morgan fingerprint density at radius 2 is 1.93 bits per heavy atom. The van der Waals surface area contributed by atoms with Crippen LogP contribution in [0.4, 0.5) is 10.5 Å². The van der Waals surface area contributed by atoms with Gasteiger partial charge in [-0.3, -0.25) is 0 Å². The second-order valence-corrected chi connectivity index (χ2v) is 7.08. The molecule has 2 N–H and O–H groups in total. The van der Waals surface area contributed by atoms with E-state index in [-0.39, 0.29) is 6.03 Å². The van der Waals surface area contributed by atoms with Crippen LogP contribution in [-0.2, 0) is 6.42 Å². The van der Waals surface area contributed by atoms with E-state index in [0.29, 0.717) is 24.5 Å². The maximum absolute atomic E-state index is 12.2. The molecule has 0 spiro atoms. The van der Waals surface area contributed by atoms with Gasteiger partial charge in [0.05, 0.1) is 11.4 Å². The van der Waals surface area contributed by atoms with Crippen LogP contribution in [0, 0.1) is 13.8 Å². The lowest BCUT2D eigenvalue weighted by atomic mass is 10.1. The molecule has 7 heteroatoms. The largest absolute Gasteiger partial charge is 0.444 e. The number of benzene rings is 2. The van der Waals surface area contributed by atoms with E-state index in [1.165, 1.54) is 5.56 Å². The number of nitrogens with one attached hydrogen (secondary N) is 2. The number of oxazole rings is 1. The quantitative estimate of drug-likeness (QED) is 0.498. The Labute approximate surface area is 174 Å². The Bertz CT molecular complexity index is 1140. The molecular weight excluding hydrogens is 378 g/mol. The summed E-state index contributed by atoms with van der Waals surface area (Å²) < 4.78 is 7.37. The summed E-state index contributed by atoms with van der Waals surface area (Å²) in [6.45, 7) is 4.47. The maximum Gasteiger partial charge on any atom is 0.319 e. The molecule has 0 atom stereocenters. The highest BCUT2D eigenvalue weighted by Crippen LogP contribution is 2.19. The summed E-state index contributed by atoms with van der Waals surface area (Å²) >= 11 is 0. The third-order valence-electron chi connectivity index (χ3n) is 4.70. The fraction of sp³-hybridized carbons (Fsp3) is 0.174. The first kappa shape index (κ1) is 19.4. The Morgan fingerprint density at radius 3 is 2.70 bits per heavy atom. The highest BCUT2D eigenvalue weighted by molar-refractivity contribution is 5.89. The van der Waals surface area contributed by atoms with Crippen molar-refractivity contribution in [3.05, 3.63) is 84.0 Å². The first-order chi connectivity index (χ1) is 14.6. The molecule has 0 bridgehead atoms. The SMILES string of the molecule is Cc1ccc(-c2nc(CCNC(=O)Nc3cccc(-n4nccc4C)c3)co2)cc1. The molecule has 2 amide bonds. The number of aromatic nitrogens is 3. The van der Waals surface area contributed by atoms with Crippen molar-refractivity contribution in [2.45, 2.75) is 20.3 Å². The van der Waals surface area contributed by atoms with Crippen LogP contribution >= 0.6 is 0 Å². The van der Waals surface area contributed by atoms with Crippen LogP contribution in [0.1, 0.15) is 17.0 Å². The number of hydrogen-bond donors (Lipinski definition) is 2. The normalized spacial score (nSPS) is 10.7. The molecule has 4 aromatic rings. The second kappa shape index (κ2) is 8.65. The van der Waals surface area contributed by atoms with Crippen LogP contribution in [0.2, 0.25) is 0 Å². The molecule has 4 rings (SSSR count). The molecule has 0 unspecified atom stereocenters. The number of aryl methyl sites for hydroxylation is 2. The smallest absolute Gasteiger partial charge is 0.319 e. The van der Waals surface area contributed by atoms with Crippen molar-refractivity contribution < 1.29 is 9.21 Å². The van der Waals surface area contributed by atoms with Crippen molar-refractivity contribution in [2.24, 2.45) is 0 Å². The first-order valence-electron chi connectivity index (χ1n) is 9.76. The van der Waals surface area contributed by atoms with Crippen LogP contribution in [0.5, 0.6) is 0 Å². The first-order valence-corrected chi connectivity index (χ1v) is 9.76. The molecule has 2 aromatic carbocycles. The van der Waals surface area contributed by atoms with Crippen LogP contribution in [0.3, 0.4) is 0 Å². The molecule has 2 aromatic heterocycles. The van der Waals surface area contributed by atoms with E-state index in [0.717, 1.165) is 22.6 Å². The minimum absolute atomic E-state index is 0.272. The highest BCUT2D eigenvalue weighted by Gasteiger charge is 2.08. The lowest BCUT2D eigenvalue weighted by molar-refractivity contribution is 0.252. The molecule has 0 radical (unpaired) electrons. The molecule has 0 aliphatic carbocycles. The van der Waals surface area contributed by atoms with E-state index in [9.17, 15) is 4.79 Å². The zero-order valence-corrected chi connectivity index (χ0v) is 16.9. The fourth-order valence-corrected chi connectivity index (χ4v) is 3.09. The van der Waals surface area contributed by atoms with Gasteiger partial charge in [0.25, 0.3) is 0 Å². The number of anilines is 1. The Kier molecular flexibility index (Phi) is 5.61. The monoisotopic (exact) mass is 401 g/mol. The maximum atomic E-state index is 12.2. The van der Waals surface area contributed by atoms with Crippen molar-refractivity contribution in [3.8, 4) is 17.1 Å². The molecule has 0 saturated carbocycles. The molecule has 152 valence electrons. The highest BCUT2D eigenvalue weighted by atomic mass is 16.3. The standard InChI is InChI=1S/C23H23N5O2/c1-16-6-8-18(9-7-16)22-26-20(15-30-22)11-12-24-23(29)27-19-4-3-5-21(14-19)28-17(2)10-13-25-28/h3-10,13-15H,11-12H2,1-2H3,(H2,24,27,29). The average molecular weight is 401 g/mol. The number of urea groups is 1. The summed E-state index contributed by atoms with van der Waals surface area (Å²) in [5.41, 5.74) is 5.52. The van der Waals surface area contributed by atoms with Gasteiger partial charge in [-0.25, -0.2) is 14.5 Å². The summed E-state index contributed by atoms with van der Waals surface area (Å²) in [7, 11) is 0. The Morgan fingerprint density at radius 1 is 1.10 bits per heavy atom. The number of amides is 2. The molecule has 7 nitrogen and oxygen atoms in total. The zero-order valence-electron chi connectivity index (χ0n) is 16.9. The zero-order chi connectivity index (χ0) is 20.9. The lowest BCUT2D eigenvalue weighted by Gasteiger charge is -2.09. The van der Waals surface area contributed by atoms with Crippen LogP contribution in [-0.4, -0.2) is 27.3 Å². The van der Waals surface area contributed by atoms with Gasteiger partial charge in [-0.05, 0) is 50.2 Å². The topological polar surface area (TPSA) is 85.0 Å². The van der Waals surface area contributed by atoms with E-state index < -0.39 is 0 Å². The molecule has 0 fully saturated rings. The predicted octanol–water partition coefficient (Wildman–Crippen LogP) is 4.51. The van der Waals surface area contributed by atoms with E-state index in [1.54, 1.807) is 12.5 Å². The number of hydrogen-bond acceptors (Lipinski definition) is 4. The minimum atomic E-state index is -0.272. The van der Waals surface area contributed by atoms with Crippen molar-refractivity contribution in [3.63, 3.8) is 0 Å². The number of carbonyl (C=O) groups is 1. The summed E-state index contributed by atoms with van der Waals surface area (Å²) in [6.07, 6.45) is 3.95. The van der Waals surface area contributed by atoms with E-state index in [2.05, 4.69) is 20.7 Å².